The second-order valence-corrected chi connectivity index (χ2v) is 2.77. The van der Waals surface area contributed by atoms with E-state index in [2.05, 4.69) is 5.11 Å². The van der Waals surface area contributed by atoms with E-state index in [4.69, 9.17) is 10.6 Å². The number of carbonyl (C=O) groups is 1. The lowest BCUT2D eigenvalue weighted by Crippen LogP contribution is -2.10. The van der Waals surface area contributed by atoms with Crippen LogP contribution in [0.5, 0.6) is 0 Å². The van der Waals surface area contributed by atoms with Crippen LogP contribution >= 0.6 is 0 Å². The number of hydrogen-bond donors (Lipinski definition) is 1. The maximum Gasteiger partial charge on any atom is 0.346 e. The molecule has 8 nitrogen and oxygen atoms in total. The average molecular weight is 262 g/mol. The standard InChI is InChI=1S/C7HF3N4O4/c8-2-1(7(15)16)6(14(17)18)4(10)5(3(2)9)12-13-11/h(H,15,16). The van der Waals surface area contributed by atoms with Crippen LogP contribution in [0.15, 0.2) is 5.11 Å². The minimum Gasteiger partial charge on any atom is -0.477 e. The first-order valence-corrected chi connectivity index (χ1v) is 3.96. The minimum atomic E-state index is -2.23. The summed E-state index contributed by atoms with van der Waals surface area (Å²) < 4.78 is 39.8. The summed E-state index contributed by atoms with van der Waals surface area (Å²) in [7, 11) is 0. The molecule has 0 spiro atoms. The maximum atomic E-state index is 13.4. The number of carboxylic acid groups (broad SMARTS) is 1. The Morgan fingerprint density at radius 3 is 2.28 bits per heavy atom. The van der Waals surface area contributed by atoms with E-state index in [1.807, 2.05) is 4.91 Å². The van der Waals surface area contributed by atoms with Crippen molar-refractivity contribution in [2.24, 2.45) is 5.11 Å². The molecule has 1 rings (SSSR count). The first-order chi connectivity index (χ1) is 8.32. The van der Waals surface area contributed by atoms with E-state index in [0.29, 0.717) is 0 Å². The molecule has 0 aliphatic heterocycles. The smallest absolute Gasteiger partial charge is 0.346 e. The highest BCUT2D eigenvalue weighted by Crippen LogP contribution is 2.35. The molecule has 1 N–H and O–H groups in total. The van der Waals surface area contributed by atoms with E-state index in [0.717, 1.165) is 0 Å². The van der Waals surface area contributed by atoms with Gasteiger partial charge in [-0.05, 0) is 5.53 Å². The lowest BCUT2D eigenvalue weighted by molar-refractivity contribution is -0.388. The molecule has 0 radical (unpaired) electrons. The van der Waals surface area contributed by atoms with Crippen molar-refractivity contribution in [1.29, 1.82) is 0 Å². The highest BCUT2D eigenvalue weighted by Gasteiger charge is 2.35. The molecule has 18 heavy (non-hydrogen) atoms. The van der Waals surface area contributed by atoms with E-state index in [-0.39, 0.29) is 0 Å². The fourth-order valence-electron chi connectivity index (χ4n) is 1.14. The summed E-state index contributed by atoms with van der Waals surface area (Å²) in [6.45, 7) is 0. The largest absolute Gasteiger partial charge is 0.477 e. The molecule has 0 aromatic heterocycles. The molecule has 0 heterocycles. The Balaban J connectivity index is 3.93. The average Bonchev–Trinajstić information content (AvgIpc) is 2.27. The monoisotopic (exact) mass is 262 g/mol. The van der Waals surface area contributed by atoms with Gasteiger partial charge in [-0.2, -0.15) is 4.39 Å². The van der Waals surface area contributed by atoms with Crippen LogP contribution < -0.4 is 0 Å². The number of azide groups is 1. The molecule has 0 bridgehead atoms. The number of hydrogen-bond acceptors (Lipinski definition) is 4. The molecule has 0 unspecified atom stereocenters. The number of carboxylic acids is 1. The summed E-state index contributed by atoms with van der Waals surface area (Å²) in [5.41, 5.74) is 2.78. The van der Waals surface area contributed by atoms with E-state index < -0.39 is 45.3 Å². The molecule has 0 aliphatic carbocycles. The second kappa shape index (κ2) is 4.59. The summed E-state index contributed by atoms with van der Waals surface area (Å²) >= 11 is 0. The SMILES string of the molecule is [N-]=[N+]=Nc1c(F)c(F)c(C(=O)O)c([N+](=O)[O-])c1F. The Morgan fingerprint density at radius 1 is 1.33 bits per heavy atom. The van der Waals surface area contributed by atoms with Crippen molar-refractivity contribution in [3.8, 4) is 0 Å². The number of nitro groups is 1. The highest BCUT2D eigenvalue weighted by atomic mass is 19.2. The fraction of sp³-hybridized carbons (Fsp3) is 0. The van der Waals surface area contributed by atoms with Crippen LogP contribution in [0.1, 0.15) is 10.4 Å². The number of nitrogens with zero attached hydrogens (tertiary/aromatic N) is 4. The second-order valence-electron chi connectivity index (χ2n) is 2.77. The molecule has 0 fully saturated rings. The summed E-state index contributed by atoms with van der Waals surface area (Å²) in [6, 6.07) is 0. The topological polar surface area (TPSA) is 129 Å². The van der Waals surface area contributed by atoms with Crippen molar-refractivity contribution in [3.63, 3.8) is 0 Å². The van der Waals surface area contributed by atoms with E-state index >= 15 is 0 Å². The third-order valence-electron chi connectivity index (χ3n) is 1.81. The van der Waals surface area contributed by atoms with Crippen LogP contribution in [0, 0.1) is 27.6 Å². The van der Waals surface area contributed by atoms with Crippen LogP contribution in [0.25, 0.3) is 10.4 Å². The van der Waals surface area contributed by atoms with Gasteiger partial charge in [0.15, 0.2) is 17.2 Å². The Labute approximate surface area is 95.0 Å². The molecule has 11 heteroatoms. The van der Waals surface area contributed by atoms with Gasteiger partial charge in [0.25, 0.3) is 0 Å². The molecule has 1 aromatic carbocycles. The van der Waals surface area contributed by atoms with Gasteiger partial charge in [0.05, 0.1) is 4.92 Å². The molecule has 0 saturated carbocycles. The summed E-state index contributed by atoms with van der Waals surface area (Å²) in [5, 5.41) is 21.3. The minimum absolute atomic E-state index is 1.56. The first-order valence-electron chi connectivity index (χ1n) is 3.96. The van der Waals surface area contributed by atoms with Crippen molar-refractivity contribution >= 4 is 17.3 Å². The van der Waals surface area contributed by atoms with Gasteiger partial charge in [0, 0.05) is 4.91 Å². The quantitative estimate of drug-likeness (QED) is 0.224. The Hall–Kier alpha value is -2.81. The van der Waals surface area contributed by atoms with Crippen LogP contribution in [0.4, 0.5) is 24.5 Å². The Kier molecular flexibility index (Phi) is 3.38. The van der Waals surface area contributed by atoms with Crippen molar-refractivity contribution in [1.82, 2.24) is 0 Å². The maximum absolute atomic E-state index is 13.4. The molecular weight excluding hydrogens is 261 g/mol. The van der Waals surface area contributed by atoms with Gasteiger partial charge in [0.1, 0.15) is 5.69 Å². The number of benzene rings is 1. The molecule has 94 valence electrons. The van der Waals surface area contributed by atoms with Gasteiger partial charge in [0.2, 0.25) is 5.82 Å². The van der Waals surface area contributed by atoms with Gasteiger partial charge in [-0.25, -0.2) is 13.6 Å². The molecular formula is C7HF3N4O4. The van der Waals surface area contributed by atoms with Crippen LogP contribution in [0.3, 0.4) is 0 Å². The van der Waals surface area contributed by atoms with Gasteiger partial charge in [-0.1, -0.05) is 5.11 Å². The molecule has 0 aliphatic rings. The fourth-order valence-corrected chi connectivity index (χ4v) is 1.14. The number of halogens is 3. The van der Waals surface area contributed by atoms with Crippen molar-refractivity contribution in [3.05, 3.63) is 43.6 Å². The highest BCUT2D eigenvalue weighted by molar-refractivity contribution is 5.93. The van der Waals surface area contributed by atoms with Crippen molar-refractivity contribution in [2.45, 2.75) is 0 Å². The zero-order valence-corrected chi connectivity index (χ0v) is 8.09. The van der Waals surface area contributed by atoms with Crippen LogP contribution in [-0.4, -0.2) is 16.0 Å². The third-order valence-corrected chi connectivity index (χ3v) is 1.81. The van der Waals surface area contributed by atoms with Gasteiger partial charge >= 0.3 is 11.7 Å². The van der Waals surface area contributed by atoms with Crippen LogP contribution in [0.2, 0.25) is 0 Å². The Bertz CT molecular complexity index is 611. The van der Waals surface area contributed by atoms with E-state index in [1.54, 1.807) is 0 Å². The third kappa shape index (κ3) is 1.89. The molecule has 1 aromatic rings. The summed E-state index contributed by atoms with van der Waals surface area (Å²) in [6.07, 6.45) is 0. The van der Waals surface area contributed by atoms with Gasteiger partial charge in [-0.3, -0.25) is 10.1 Å². The normalized spacial score (nSPS) is 9.72. The predicted octanol–water partition coefficient (Wildman–Crippen LogP) is 2.65. The predicted molar refractivity (Wildman–Crippen MR) is 48.7 cm³/mol. The lowest BCUT2D eigenvalue weighted by Gasteiger charge is -2.05. The number of aromatic carboxylic acids is 1. The number of rotatable bonds is 3. The summed E-state index contributed by atoms with van der Waals surface area (Å²) in [4.78, 5) is 21.4. The zero-order valence-electron chi connectivity index (χ0n) is 8.09. The van der Waals surface area contributed by atoms with Crippen molar-refractivity contribution in [2.75, 3.05) is 0 Å². The summed E-state index contributed by atoms with van der Waals surface area (Å²) in [5.74, 6) is -8.59. The lowest BCUT2D eigenvalue weighted by atomic mass is 10.1. The molecule has 0 amide bonds. The Morgan fingerprint density at radius 2 is 1.89 bits per heavy atom. The van der Waals surface area contributed by atoms with Crippen molar-refractivity contribution < 1.29 is 28.0 Å². The van der Waals surface area contributed by atoms with Gasteiger partial charge in [-0.15, -0.1) is 0 Å². The van der Waals surface area contributed by atoms with Crippen LogP contribution in [-0.2, 0) is 0 Å². The molecule has 0 atom stereocenters. The zero-order chi connectivity index (χ0) is 14.0. The van der Waals surface area contributed by atoms with Gasteiger partial charge < -0.3 is 5.11 Å². The van der Waals surface area contributed by atoms with E-state index in [9.17, 15) is 28.1 Å². The number of nitro benzene ring substituents is 1. The van der Waals surface area contributed by atoms with E-state index in [1.165, 1.54) is 0 Å². The first kappa shape index (κ1) is 13.3. The molecule has 0 saturated heterocycles.